The number of aromatic nitrogens is 2. The normalized spacial score (nSPS) is 36.5. The number of nitrogens with zero attached hydrogens (tertiary/aromatic N) is 2. The van der Waals surface area contributed by atoms with Crippen molar-refractivity contribution in [2.24, 2.45) is 17.8 Å². The van der Waals surface area contributed by atoms with Gasteiger partial charge in [-0.1, -0.05) is 24.3 Å². The fourth-order valence-electron chi connectivity index (χ4n) is 5.17. The predicted molar refractivity (Wildman–Crippen MR) is 80.7 cm³/mol. The van der Waals surface area contributed by atoms with Crippen molar-refractivity contribution in [3.63, 3.8) is 0 Å². The first-order valence-electron chi connectivity index (χ1n) is 8.14. The molecule has 4 aliphatic rings. The molecule has 1 aliphatic heterocycles. The molecule has 1 unspecified atom stereocenters. The third kappa shape index (κ3) is 1.50. The maximum absolute atomic E-state index is 10.9. The molecule has 0 radical (unpaired) electrons. The Morgan fingerprint density at radius 2 is 1.81 bits per heavy atom. The zero-order valence-electron chi connectivity index (χ0n) is 12.0. The zero-order chi connectivity index (χ0) is 14.0. The summed E-state index contributed by atoms with van der Waals surface area (Å²) in [5, 5.41) is 10.9. The molecule has 3 heteroatoms. The molecule has 21 heavy (non-hydrogen) atoms. The molecule has 3 nitrogen and oxygen atoms in total. The van der Waals surface area contributed by atoms with E-state index in [1.54, 1.807) is 0 Å². The highest BCUT2D eigenvalue weighted by atomic mass is 16.3. The molecule has 2 aromatic rings. The van der Waals surface area contributed by atoms with Crippen LogP contribution in [0.25, 0.3) is 11.3 Å². The average molecular weight is 280 g/mol. The summed E-state index contributed by atoms with van der Waals surface area (Å²) in [6, 6.07) is 8.93. The fraction of sp³-hybridized carbons (Fsp3) is 0.500. The molecule has 0 saturated heterocycles. The highest BCUT2D eigenvalue weighted by molar-refractivity contribution is 5.69. The largest absolute Gasteiger partial charge is 0.392 e. The molecule has 2 heterocycles. The summed E-state index contributed by atoms with van der Waals surface area (Å²) in [6.45, 7) is 0. The molecule has 1 aromatic carbocycles. The first kappa shape index (κ1) is 12.0. The van der Waals surface area contributed by atoms with E-state index in [1.165, 1.54) is 42.5 Å². The highest BCUT2D eigenvalue weighted by Gasteiger charge is 2.49. The molecule has 3 fully saturated rings. The molecule has 0 amide bonds. The van der Waals surface area contributed by atoms with Crippen LogP contribution in [-0.4, -0.2) is 20.8 Å². The smallest absolute Gasteiger partial charge is 0.0956 e. The summed E-state index contributed by atoms with van der Waals surface area (Å²) < 4.78 is 2.30. The second-order valence-corrected chi connectivity index (χ2v) is 6.96. The zero-order valence-corrected chi connectivity index (χ0v) is 12.0. The SMILES string of the molecule is O[C@@H]1C2CCC(CC2)[C@H]1C1c2ccccc2-c2cncn21. The van der Waals surface area contributed by atoms with E-state index in [0.29, 0.717) is 17.8 Å². The summed E-state index contributed by atoms with van der Waals surface area (Å²) in [5.41, 5.74) is 3.89. The van der Waals surface area contributed by atoms with Crippen molar-refractivity contribution in [1.82, 2.24) is 9.55 Å². The number of fused-ring (bicyclic) bond motifs is 6. The van der Waals surface area contributed by atoms with Crippen LogP contribution in [0.3, 0.4) is 0 Å². The van der Waals surface area contributed by atoms with Crippen molar-refractivity contribution in [2.75, 3.05) is 0 Å². The van der Waals surface area contributed by atoms with Crippen LogP contribution in [0.1, 0.15) is 37.3 Å². The van der Waals surface area contributed by atoms with Gasteiger partial charge in [0.25, 0.3) is 0 Å². The van der Waals surface area contributed by atoms with Crippen LogP contribution in [0.4, 0.5) is 0 Å². The Balaban J connectivity index is 1.67. The summed E-state index contributed by atoms with van der Waals surface area (Å²) in [7, 11) is 0. The van der Waals surface area contributed by atoms with Crippen molar-refractivity contribution in [1.29, 1.82) is 0 Å². The minimum absolute atomic E-state index is 0.149. The van der Waals surface area contributed by atoms with Crippen molar-refractivity contribution in [3.05, 3.63) is 42.4 Å². The Bertz CT molecular complexity index is 682. The van der Waals surface area contributed by atoms with Gasteiger partial charge in [0.2, 0.25) is 0 Å². The van der Waals surface area contributed by atoms with E-state index >= 15 is 0 Å². The maximum atomic E-state index is 10.9. The molecule has 1 aromatic heterocycles. The van der Waals surface area contributed by atoms with Crippen molar-refractivity contribution in [2.45, 2.75) is 37.8 Å². The van der Waals surface area contributed by atoms with Gasteiger partial charge in [0.15, 0.2) is 0 Å². The lowest BCUT2D eigenvalue weighted by Crippen LogP contribution is -2.47. The molecule has 6 rings (SSSR count). The second kappa shape index (κ2) is 4.20. The third-order valence-corrected chi connectivity index (χ3v) is 6.12. The summed E-state index contributed by atoms with van der Waals surface area (Å²) in [5.74, 6) is 1.53. The van der Waals surface area contributed by atoms with Crippen LogP contribution in [0.5, 0.6) is 0 Å². The summed E-state index contributed by atoms with van der Waals surface area (Å²) >= 11 is 0. The molecular weight excluding hydrogens is 260 g/mol. The predicted octanol–water partition coefficient (Wildman–Crippen LogP) is 3.25. The third-order valence-electron chi connectivity index (χ3n) is 6.12. The van der Waals surface area contributed by atoms with Crippen molar-refractivity contribution >= 4 is 0 Å². The Morgan fingerprint density at radius 3 is 2.62 bits per heavy atom. The van der Waals surface area contributed by atoms with Crippen LogP contribution in [0.15, 0.2) is 36.8 Å². The van der Waals surface area contributed by atoms with Gasteiger partial charge in [-0.3, -0.25) is 0 Å². The molecule has 3 saturated carbocycles. The van der Waals surface area contributed by atoms with Crippen LogP contribution in [-0.2, 0) is 0 Å². The summed E-state index contributed by atoms with van der Waals surface area (Å²) in [4.78, 5) is 4.36. The lowest BCUT2D eigenvalue weighted by atomic mass is 9.60. The lowest BCUT2D eigenvalue weighted by Gasteiger charge is -2.49. The second-order valence-electron chi connectivity index (χ2n) is 6.96. The van der Waals surface area contributed by atoms with E-state index < -0.39 is 0 Å². The minimum Gasteiger partial charge on any atom is -0.392 e. The first-order chi connectivity index (χ1) is 10.3. The molecule has 108 valence electrons. The van der Waals surface area contributed by atoms with E-state index in [-0.39, 0.29) is 12.1 Å². The Hall–Kier alpha value is -1.61. The number of aliphatic hydroxyl groups is 1. The molecule has 3 atom stereocenters. The highest BCUT2D eigenvalue weighted by Crippen LogP contribution is 2.54. The van der Waals surface area contributed by atoms with Gasteiger partial charge in [0.1, 0.15) is 0 Å². The monoisotopic (exact) mass is 280 g/mol. The van der Waals surface area contributed by atoms with Gasteiger partial charge in [0.05, 0.1) is 30.4 Å². The van der Waals surface area contributed by atoms with Crippen LogP contribution in [0.2, 0.25) is 0 Å². The van der Waals surface area contributed by atoms with Crippen LogP contribution < -0.4 is 0 Å². The number of hydrogen-bond donors (Lipinski definition) is 1. The van der Waals surface area contributed by atoms with Crippen LogP contribution in [0, 0.1) is 17.8 Å². The number of hydrogen-bond acceptors (Lipinski definition) is 2. The Kier molecular flexibility index (Phi) is 2.40. The van der Waals surface area contributed by atoms with E-state index in [9.17, 15) is 5.11 Å². The fourth-order valence-corrected chi connectivity index (χ4v) is 5.17. The van der Waals surface area contributed by atoms with E-state index in [1.807, 2.05) is 12.5 Å². The quantitative estimate of drug-likeness (QED) is 0.870. The Labute approximate surface area is 124 Å². The van der Waals surface area contributed by atoms with Gasteiger partial charge in [-0.25, -0.2) is 4.98 Å². The average Bonchev–Trinajstić information content (AvgIpc) is 3.10. The minimum atomic E-state index is -0.149. The van der Waals surface area contributed by atoms with E-state index in [4.69, 9.17) is 0 Å². The van der Waals surface area contributed by atoms with Gasteiger partial charge in [0, 0.05) is 11.5 Å². The van der Waals surface area contributed by atoms with Gasteiger partial charge in [-0.05, 0) is 43.1 Å². The van der Waals surface area contributed by atoms with Gasteiger partial charge < -0.3 is 9.67 Å². The topological polar surface area (TPSA) is 38.1 Å². The van der Waals surface area contributed by atoms with E-state index in [0.717, 1.165) is 0 Å². The number of imidazole rings is 1. The molecular formula is C18H20N2O. The standard InChI is InChI=1S/C18H20N2O/c21-18-12-7-5-11(6-8-12)16(18)17-14-4-2-1-3-13(14)15-9-19-10-20(15)17/h1-4,9-12,16-18,21H,5-8H2/t11?,12?,16-,17?,18+/m0/s1. The molecule has 3 aliphatic carbocycles. The molecule has 2 bridgehead atoms. The maximum Gasteiger partial charge on any atom is 0.0956 e. The van der Waals surface area contributed by atoms with Gasteiger partial charge in [-0.15, -0.1) is 0 Å². The van der Waals surface area contributed by atoms with Gasteiger partial charge in [-0.2, -0.15) is 0 Å². The van der Waals surface area contributed by atoms with E-state index in [2.05, 4.69) is 33.8 Å². The molecule has 1 N–H and O–H groups in total. The molecule has 0 spiro atoms. The number of rotatable bonds is 1. The van der Waals surface area contributed by atoms with Crippen molar-refractivity contribution in [3.8, 4) is 11.3 Å². The number of benzene rings is 1. The number of aliphatic hydroxyl groups excluding tert-OH is 1. The lowest BCUT2D eigenvalue weighted by molar-refractivity contribution is -0.0693. The van der Waals surface area contributed by atoms with Crippen LogP contribution >= 0.6 is 0 Å². The van der Waals surface area contributed by atoms with Gasteiger partial charge >= 0.3 is 0 Å². The Morgan fingerprint density at radius 1 is 1.05 bits per heavy atom. The van der Waals surface area contributed by atoms with Crippen molar-refractivity contribution < 1.29 is 5.11 Å². The first-order valence-corrected chi connectivity index (χ1v) is 8.14. The summed E-state index contributed by atoms with van der Waals surface area (Å²) in [6.07, 6.45) is 8.77.